The van der Waals surface area contributed by atoms with Gasteiger partial charge in [-0.2, -0.15) is 13.2 Å². The highest BCUT2D eigenvalue weighted by Gasteiger charge is 2.33. The van der Waals surface area contributed by atoms with Crippen LogP contribution < -0.4 is 20.1 Å². The maximum Gasteiger partial charge on any atom is 0.573 e. The summed E-state index contributed by atoms with van der Waals surface area (Å²) in [5.74, 6) is -0.0341. The first-order valence-corrected chi connectivity index (χ1v) is 13.9. The molecule has 0 saturated heterocycles. The monoisotopic (exact) mass is 620 g/mol. The Bertz CT molecular complexity index is 1610. The number of alkyl halides is 6. The molecule has 7 nitrogen and oxygen atoms in total. The summed E-state index contributed by atoms with van der Waals surface area (Å²) in [4.78, 5) is 17.2. The highest BCUT2D eigenvalue weighted by atomic mass is 19.4. The van der Waals surface area contributed by atoms with Crippen LogP contribution in [-0.4, -0.2) is 28.4 Å². The maximum absolute atomic E-state index is 12.8. The van der Waals surface area contributed by atoms with Crippen molar-refractivity contribution in [3.05, 3.63) is 72.3 Å². The maximum atomic E-state index is 12.8. The molecule has 5 rings (SSSR count). The molecule has 0 bridgehead atoms. The Balaban J connectivity index is 1.34. The summed E-state index contributed by atoms with van der Waals surface area (Å²) >= 11 is 0. The third kappa shape index (κ3) is 7.74. The van der Waals surface area contributed by atoms with Crippen molar-refractivity contribution in [3.63, 3.8) is 0 Å². The molecular formula is C31H30F6N4O3. The summed E-state index contributed by atoms with van der Waals surface area (Å²) < 4.78 is 87.8. The number of carbonyl (C=O) groups excluding carboxylic acids is 1. The Morgan fingerprint density at radius 2 is 1.61 bits per heavy atom. The van der Waals surface area contributed by atoms with E-state index in [0.717, 1.165) is 55.5 Å². The molecule has 1 fully saturated rings. The molecule has 0 radical (unpaired) electrons. The molecule has 234 valence electrons. The summed E-state index contributed by atoms with van der Waals surface area (Å²) in [6.07, 6.45) is -5.34. The standard InChI is InChI=1S/C31H30F6N4O3/c1-29(2)15-3-4-22(17-29)41-26-14-13-24(43-18-27(42)38-20-7-5-19(6-8-20)30(32,33)34)16-25(26)40-28(41)39-21-9-11-23(12-10-21)44-31(35,36)37/h5-14,16,22H,3-4,15,17-18H2,1-2H3,(H,38,42)(H,39,40). The lowest BCUT2D eigenvalue weighted by Crippen LogP contribution is -2.25. The Morgan fingerprint density at radius 1 is 0.955 bits per heavy atom. The van der Waals surface area contributed by atoms with Gasteiger partial charge >= 0.3 is 12.5 Å². The zero-order valence-corrected chi connectivity index (χ0v) is 23.9. The van der Waals surface area contributed by atoms with Gasteiger partial charge in [0.2, 0.25) is 5.95 Å². The fourth-order valence-electron chi connectivity index (χ4n) is 5.46. The predicted octanol–water partition coefficient (Wildman–Crippen LogP) is 8.86. The van der Waals surface area contributed by atoms with Gasteiger partial charge in [-0.3, -0.25) is 4.79 Å². The van der Waals surface area contributed by atoms with Gasteiger partial charge < -0.3 is 24.7 Å². The second-order valence-electron chi connectivity index (χ2n) is 11.5. The third-order valence-corrected chi connectivity index (χ3v) is 7.42. The molecule has 1 amide bonds. The number of amides is 1. The minimum Gasteiger partial charge on any atom is -0.484 e. The fraction of sp³-hybridized carbons (Fsp3) is 0.355. The minimum absolute atomic E-state index is 0.108. The first kappa shape index (κ1) is 31.0. The van der Waals surface area contributed by atoms with Gasteiger partial charge in [0.05, 0.1) is 16.6 Å². The summed E-state index contributed by atoms with van der Waals surface area (Å²) in [5.41, 5.74) is 1.39. The molecule has 1 aliphatic rings. The first-order valence-electron chi connectivity index (χ1n) is 13.9. The lowest BCUT2D eigenvalue weighted by atomic mass is 9.75. The normalized spacial score (nSPS) is 16.9. The van der Waals surface area contributed by atoms with E-state index in [9.17, 15) is 31.1 Å². The molecule has 1 heterocycles. The summed E-state index contributed by atoms with van der Waals surface area (Å²) in [6, 6.07) is 14.8. The smallest absolute Gasteiger partial charge is 0.484 e. The van der Waals surface area contributed by atoms with Crippen LogP contribution in [0.3, 0.4) is 0 Å². The highest BCUT2D eigenvalue weighted by Crippen LogP contribution is 2.44. The Hall–Kier alpha value is -4.42. The number of nitrogens with one attached hydrogen (secondary N) is 2. The van der Waals surface area contributed by atoms with Gasteiger partial charge in [0.1, 0.15) is 11.5 Å². The van der Waals surface area contributed by atoms with E-state index >= 15 is 0 Å². The van der Waals surface area contributed by atoms with E-state index < -0.39 is 24.0 Å². The van der Waals surface area contributed by atoms with E-state index in [-0.39, 0.29) is 29.5 Å². The number of nitrogens with zero attached hydrogens (tertiary/aromatic N) is 2. The quantitative estimate of drug-likeness (QED) is 0.193. The molecule has 1 aromatic heterocycles. The first-order chi connectivity index (χ1) is 20.6. The van der Waals surface area contributed by atoms with E-state index in [1.807, 2.05) is 6.07 Å². The van der Waals surface area contributed by atoms with Crippen molar-refractivity contribution in [1.82, 2.24) is 9.55 Å². The SMILES string of the molecule is CC1(C)CCCC(n2c(Nc3ccc(OC(F)(F)F)cc3)nc3cc(OCC(=O)Nc4ccc(C(F)(F)F)cc4)ccc32)C1. The Morgan fingerprint density at radius 3 is 2.25 bits per heavy atom. The zero-order chi connectivity index (χ0) is 31.7. The summed E-state index contributed by atoms with van der Waals surface area (Å²) in [5, 5.41) is 5.73. The number of fused-ring (bicyclic) bond motifs is 1. The lowest BCUT2D eigenvalue weighted by Gasteiger charge is -2.36. The van der Waals surface area contributed by atoms with E-state index in [1.165, 1.54) is 24.3 Å². The van der Waals surface area contributed by atoms with Gasteiger partial charge in [0, 0.05) is 23.5 Å². The molecule has 0 aliphatic heterocycles. The number of ether oxygens (including phenoxy) is 2. The van der Waals surface area contributed by atoms with Crippen LogP contribution in [0.1, 0.15) is 51.1 Å². The number of benzene rings is 3. The van der Waals surface area contributed by atoms with E-state index in [2.05, 4.69) is 33.8 Å². The van der Waals surface area contributed by atoms with Crippen molar-refractivity contribution in [2.75, 3.05) is 17.2 Å². The number of rotatable bonds is 8. The van der Waals surface area contributed by atoms with Crippen LogP contribution in [0, 0.1) is 5.41 Å². The molecule has 1 unspecified atom stereocenters. The topological polar surface area (TPSA) is 77.4 Å². The van der Waals surface area contributed by atoms with Gasteiger partial charge in [0.15, 0.2) is 6.61 Å². The Labute approximate surface area is 249 Å². The third-order valence-electron chi connectivity index (χ3n) is 7.42. The molecular weight excluding hydrogens is 590 g/mol. The molecule has 44 heavy (non-hydrogen) atoms. The van der Waals surface area contributed by atoms with E-state index in [0.29, 0.717) is 22.9 Å². The number of aromatic nitrogens is 2. The van der Waals surface area contributed by atoms with Crippen LogP contribution in [0.4, 0.5) is 43.7 Å². The van der Waals surface area contributed by atoms with Gasteiger partial charge in [-0.25, -0.2) is 4.98 Å². The van der Waals surface area contributed by atoms with Crippen LogP contribution in [0.15, 0.2) is 66.7 Å². The van der Waals surface area contributed by atoms with Gasteiger partial charge in [-0.05, 0) is 85.3 Å². The fourth-order valence-corrected chi connectivity index (χ4v) is 5.46. The average molecular weight is 621 g/mol. The number of carbonyl (C=O) groups is 1. The van der Waals surface area contributed by atoms with Crippen molar-refractivity contribution in [1.29, 1.82) is 0 Å². The second-order valence-corrected chi connectivity index (χ2v) is 11.5. The van der Waals surface area contributed by atoms with Crippen molar-refractivity contribution < 1.29 is 40.6 Å². The Kier molecular flexibility index (Phi) is 8.41. The van der Waals surface area contributed by atoms with Crippen LogP contribution in [0.5, 0.6) is 11.5 Å². The van der Waals surface area contributed by atoms with Crippen molar-refractivity contribution in [2.24, 2.45) is 5.41 Å². The van der Waals surface area contributed by atoms with Crippen molar-refractivity contribution in [2.45, 2.75) is 58.1 Å². The van der Waals surface area contributed by atoms with Crippen molar-refractivity contribution >= 4 is 34.3 Å². The summed E-state index contributed by atoms with van der Waals surface area (Å²) in [6.45, 7) is 4.04. The number of halogens is 6. The lowest BCUT2D eigenvalue weighted by molar-refractivity contribution is -0.274. The molecule has 1 saturated carbocycles. The second kappa shape index (κ2) is 11.9. The van der Waals surface area contributed by atoms with Crippen LogP contribution >= 0.6 is 0 Å². The molecule has 13 heteroatoms. The van der Waals surface area contributed by atoms with Gasteiger partial charge in [0.25, 0.3) is 5.91 Å². The van der Waals surface area contributed by atoms with Gasteiger partial charge in [-0.15, -0.1) is 13.2 Å². The largest absolute Gasteiger partial charge is 0.573 e. The van der Waals surface area contributed by atoms with Crippen LogP contribution in [0.2, 0.25) is 0 Å². The zero-order valence-electron chi connectivity index (χ0n) is 23.9. The number of hydrogen-bond donors (Lipinski definition) is 2. The van der Waals surface area contributed by atoms with Gasteiger partial charge in [-0.1, -0.05) is 20.3 Å². The molecule has 2 N–H and O–H groups in total. The minimum atomic E-state index is -4.79. The molecule has 1 aliphatic carbocycles. The number of anilines is 3. The van der Waals surface area contributed by atoms with Crippen LogP contribution in [-0.2, 0) is 11.0 Å². The van der Waals surface area contributed by atoms with Crippen molar-refractivity contribution in [3.8, 4) is 11.5 Å². The van der Waals surface area contributed by atoms with E-state index in [4.69, 9.17) is 9.72 Å². The average Bonchev–Trinajstić information content (AvgIpc) is 3.28. The molecule has 3 aromatic carbocycles. The molecule has 4 aromatic rings. The number of imidazole rings is 1. The predicted molar refractivity (Wildman–Crippen MR) is 153 cm³/mol. The summed E-state index contributed by atoms with van der Waals surface area (Å²) in [7, 11) is 0. The van der Waals surface area contributed by atoms with Crippen LogP contribution in [0.25, 0.3) is 11.0 Å². The molecule has 0 spiro atoms. The highest BCUT2D eigenvalue weighted by molar-refractivity contribution is 5.92. The number of hydrogen-bond acceptors (Lipinski definition) is 5. The molecule has 1 atom stereocenters. The van der Waals surface area contributed by atoms with E-state index in [1.54, 1.807) is 12.1 Å².